The standard InChI is InChI=1S/C18H19ClN2O2/c1-12-10-15(14-3-2-13(19)11-16(14)20-12)17(22)21-7-4-18(5-8-21)6-9-23-18/h2-3,10-11H,4-9H2,1H3. The summed E-state index contributed by atoms with van der Waals surface area (Å²) in [5.74, 6) is 0.0806. The van der Waals surface area contributed by atoms with Crippen molar-refractivity contribution in [2.45, 2.75) is 31.8 Å². The number of hydrogen-bond acceptors (Lipinski definition) is 3. The van der Waals surface area contributed by atoms with E-state index in [-0.39, 0.29) is 11.5 Å². The third-order valence-corrected chi connectivity index (χ3v) is 5.29. The summed E-state index contributed by atoms with van der Waals surface area (Å²) in [6, 6.07) is 7.39. The van der Waals surface area contributed by atoms with Crippen LogP contribution in [0.4, 0.5) is 0 Å². The molecule has 0 atom stereocenters. The summed E-state index contributed by atoms with van der Waals surface area (Å²) in [7, 11) is 0. The molecule has 5 heteroatoms. The van der Waals surface area contributed by atoms with Crippen molar-refractivity contribution in [1.82, 2.24) is 9.88 Å². The van der Waals surface area contributed by atoms with Crippen LogP contribution in [-0.2, 0) is 4.74 Å². The summed E-state index contributed by atoms with van der Waals surface area (Å²) < 4.78 is 5.73. The molecule has 4 nitrogen and oxygen atoms in total. The van der Waals surface area contributed by atoms with Gasteiger partial charge in [0.25, 0.3) is 5.91 Å². The highest BCUT2D eigenvalue weighted by Gasteiger charge is 2.42. The van der Waals surface area contributed by atoms with Gasteiger partial charge in [-0.15, -0.1) is 0 Å². The van der Waals surface area contributed by atoms with Crippen molar-refractivity contribution in [3.63, 3.8) is 0 Å². The van der Waals surface area contributed by atoms with Crippen molar-refractivity contribution in [3.8, 4) is 0 Å². The highest BCUT2D eigenvalue weighted by Crippen LogP contribution is 2.37. The quantitative estimate of drug-likeness (QED) is 0.802. The molecule has 2 fully saturated rings. The van der Waals surface area contributed by atoms with E-state index in [0.29, 0.717) is 5.02 Å². The molecule has 4 rings (SSSR count). The second-order valence-electron chi connectivity index (χ2n) is 6.55. The SMILES string of the molecule is Cc1cc(C(=O)N2CCC3(CCO3)CC2)c2ccc(Cl)cc2n1. The van der Waals surface area contributed by atoms with E-state index in [9.17, 15) is 4.79 Å². The largest absolute Gasteiger partial charge is 0.375 e. The van der Waals surface area contributed by atoms with Gasteiger partial charge in [0.05, 0.1) is 23.3 Å². The van der Waals surface area contributed by atoms with Crippen LogP contribution in [-0.4, -0.2) is 41.1 Å². The average Bonchev–Trinajstić information content (AvgIpc) is 2.51. The zero-order valence-corrected chi connectivity index (χ0v) is 13.9. The van der Waals surface area contributed by atoms with Crippen LogP contribution >= 0.6 is 11.6 Å². The predicted octanol–water partition coefficient (Wildman–Crippen LogP) is 3.59. The van der Waals surface area contributed by atoms with E-state index in [2.05, 4.69) is 4.98 Å². The maximum Gasteiger partial charge on any atom is 0.254 e. The van der Waals surface area contributed by atoms with Gasteiger partial charge in [0.1, 0.15) is 0 Å². The van der Waals surface area contributed by atoms with Crippen LogP contribution in [0.1, 0.15) is 35.3 Å². The Morgan fingerprint density at radius 1 is 1.26 bits per heavy atom. The number of carbonyl (C=O) groups excluding carboxylic acids is 1. The Morgan fingerprint density at radius 2 is 2.00 bits per heavy atom. The van der Waals surface area contributed by atoms with Gasteiger partial charge in [0.15, 0.2) is 0 Å². The number of aryl methyl sites for hydroxylation is 1. The van der Waals surface area contributed by atoms with Crippen molar-refractivity contribution >= 4 is 28.4 Å². The molecule has 1 aromatic heterocycles. The number of amides is 1. The van der Waals surface area contributed by atoms with Crippen LogP contribution in [0.2, 0.25) is 5.02 Å². The lowest BCUT2D eigenvalue weighted by Crippen LogP contribution is -2.53. The molecule has 0 aliphatic carbocycles. The smallest absolute Gasteiger partial charge is 0.254 e. The van der Waals surface area contributed by atoms with Gasteiger partial charge < -0.3 is 9.64 Å². The van der Waals surface area contributed by atoms with Gasteiger partial charge in [-0.1, -0.05) is 17.7 Å². The number of pyridine rings is 1. The van der Waals surface area contributed by atoms with E-state index in [1.54, 1.807) is 0 Å². The third kappa shape index (κ3) is 2.60. The van der Waals surface area contributed by atoms with Gasteiger partial charge in [-0.3, -0.25) is 9.78 Å². The van der Waals surface area contributed by atoms with Crippen molar-refractivity contribution in [3.05, 3.63) is 40.5 Å². The molecular formula is C18H19ClN2O2. The number of aromatic nitrogens is 1. The topological polar surface area (TPSA) is 42.4 Å². The van der Waals surface area contributed by atoms with E-state index in [1.165, 1.54) is 0 Å². The Hall–Kier alpha value is -1.65. The Bertz CT molecular complexity index is 771. The van der Waals surface area contributed by atoms with Crippen molar-refractivity contribution in [2.75, 3.05) is 19.7 Å². The van der Waals surface area contributed by atoms with Crippen molar-refractivity contribution in [1.29, 1.82) is 0 Å². The summed E-state index contributed by atoms with van der Waals surface area (Å²) in [4.78, 5) is 19.4. The van der Waals surface area contributed by atoms with E-state index in [4.69, 9.17) is 16.3 Å². The Kier molecular flexibility index (Phi) is 3.54. The minimum absolute atomic E-state index is 0.0561. The highest BCUT2D eigenvalue weighted by molar-refractivity contribution is 6.31. The monoisotopic (exact) mass is 330 g/mol. The molecule has 1 spiro atoms. The number of hydrogen-bond donors (Lipinski definition) is 0. The van der Waals surface area contributed by atoms with Crippen molar-refractivity contribution in [2.24, 2.45) is 0 Å². The Morgan fingerprint density at radius 3 is 2.65 bits per heavy atom. The first-order valence-corrected chi connectivity index (χ1v) is 8.44. The van der Waals surface area contributed by atoms with Crippen LogP contribution < -0.4 is 0 Å². The number of halogens is 1. The second-order valence-corrected chi connectivity index (χ2v) is 6.98. The Balaban J connectivity index is 1.64. The molecule has 2 saturated heterocycles. The fraction of sp³-hybridized carbons (Fsp3) is 0.444. The number of carbonyl (C=O) groups is 1. The molecule has 3 heterocycles. The zero-order chi connectivity index (χ0) is 16.0. The number of nitrogens with zero attached hydrogens (tertiary/aromatic N) is 2. The second kappa shape index (κ2) is 5.46. The zero-order valence-electron chi connectivity index (χ0n) is 13.1. The highest BCUT2D eigenvalue weighted by atomic mass is 35.5. The first-order chi connectivity index (χ1) is 11.1. The molecule has 1 amide bonds. The molecule has 0 saturated carbocycles. The van der Waals surface area contributed by atoms with E-state index in [1.807, 2.05) is 36.1 Å². The van der Waals surface area contributed by atoms with Crippen molar-refractivity contribution < 1.29 is 9.53 Å². The average molecular weight is 331 g/mol. The number of benzene rings is 1. The maximum absolute atomic E-state index is 13.0. The summed E-state index contributed by atoms with van der Waals surface area (Å²) in [5, 5.41) is 1.50. The van der Waals surface area contributed by atoms with Crippen LogP contribution in [0.15, 0.2) is 24.3 Å². The van der Waals surface area contributed by atoms with E-state index >= 15 is 0 Å². The summed E-state index contributed by atoms with van der Waals surface area (Å²) >= 11 is 6.06. The number of piperidine rings is 1. The number of ether oxygens (including phenoxy) is 1. The number of fused-ring (bicyclic) bond motifs is 1. The number of rotatable bonds is 1. The van der Waals surface area contributed by atoms with Gasteiger partial charge >= 0.3 is 0 Å². The lowest BCUT2D eigenvalue weighted by molar-refractivity contribution is -0.169. The van der Waals surface area contributed by atoms with Gasteiger partial charge in [-0.05, 0) is 44.4 Å². The van der Waals surface area contributed by atoms with Crippen LogP contribution in [0.25, 0.3) is 10.9 Å². The lowest BCUT2D eigenvalue weighted by atomic mass is 9.84. The fourth-order valence-electron chi connectivity index (χ4n) is 3.58. The molecule has 2 aromatic rings. The molecule has 2 aliphatic rings. The molecule has 0 bridgehead atoms. The molecule has 1 aromatic carbocycles. The minimum Gasteiger partial charge on any atom is -0.375 e. The van der Waals surface area contributed by atoms with Gasteiger partial charge in [-0.25, -0.2) is 0 Å². The van der Waals surface area contributed by atoms with Crippen LogP contribution in [0.3, 0.4) is 0 Å². The Labute approximate surface area is 140 Å². The minimum atomic E-state index is 0.0561. The molecule has 23 heavy (non-hydrogen) atoms. The molecule has 0 N–H and O–H groups in total. The fourth-order valence-corrected chi connectivity index (χ4v) is 3.75. The normalized spacial score (nSPS) is 19.8. The van der Waals surface area contributed by atoms with Gasteiger partial charge in [0.2, 0.25) is 0 Å². The summed E-state index contributed by atoms with van der Waals surface area (Å²) in [6.45, 7) is 4.29. The molecule has 0 unspecified atom stereocenters. The van der Waals surface area contributed by atoms with E-state index in [0.717, 1.165) is 61.1 Å². The van der Waals surface area contributed by atoms with Crippen LogP contribution in [0, 0.1) is 6.92 Å². The van der Waals surface area contributed by atoms with Gasteiger partial charge in [0, 0.05) is 29.2 Å². The first kappa shape index (κ1) is 14.9. The van der Waals surface area contributed by atoms with Gasteiger partial charge in [-0.2, -0.15) is 0 Å². The van der Waals surface area contributed by atoms with Crippen LogP contribution in [0.5, 0.6) is 0 Å². The first-order valence-electron chi connectivity index (χ1n) is 8.07. The lowest BCUT2D eigenvalue weighted by Gasteiger charge is -2.47. The predicted molar refractivity (Wildman–Crippen MR) is 89.9 cm³/mol. The molecule has 120 valence electrons. The van der Waals surface area contributed by atoms with E-state index < -0.39 is 0 Å². The maximum atomic E-state index is 13.0. The third-order valence-electron chi connectivity index (χ3n) is 5.06. The summed E-state index contributed by atoms with van der Waals surface area (Å²) in [5.41, 5.74) is 2.38. The molecule has 2 aliphatic heterocycles. The molecular weight excluding hydrogens is 312 g/mol. The number of likely N-dealkylation sites (tertiary alicyclic amines) is 1. The summed E-state index contributed by atoms with van der Waals surface area (Å²) in [6.07, 6.45) is 3.00. The molecule has 0 radical (unpaired) electrons.